The van der Waals surface area contributed by atoms with Gasteiger partial charge in [0.05, 0.1) is 13.2 Å². The molecule has 1 aromatic rings. The Kier molecular flexibility index (Phi) is 5.44. The predicted molar refractivity (Wildman–Crippen MR) is 79.4 cm³/mol. The maximum Gasteiger partial charge on any atom is 0.263 e. The minimum Gasteiger partial charge on any atom is -0.490 e. The van der Waals surface area contributed by atoms with Gasteiger partial charge in [-0.2, -0.15) is 0 Å². The van der Waals surface area contributed by atoms with Crippen molar-refractivity contribution in [2.45, 2.75) is 39.4 Å². The van der Waals surface area contributed by atoms with E-state index >= 15 is 0 Å². The van der Waals surface area contributed by atoms with Gasteiger partial charge in [-0.1, -0.05) is 6.07 Å². The van der Waals surface area contributed by atoms with Crippen molar-refractivity contribution in [2.75, 3.05) is 19.7 Å². The quantitative estimate of drug-likeness (QED) is 0.871. The molecule has 2 rings (SSSR count). The monoisotopic (exact) mass is 293 g/mol. The second-order valence-electron chi connectivity index (χ2n) is 5.16. The van der Waals surface area contributed by atoms with Crippen molar-refractivity contribution in [3.8, 4) is 11.5 Å². The average molecular weight is 293 g/mol. The Labute approximate surface area is 125 Å². The molecule has 0 bridgehead atoms. The van der Waals surface area contributed by atoms with Gasteiger partial charge >= 0.3 is 0 Å². The van der Waals surface area contributed by atoms with E-state index < -0.39 is 6.10 Å². The van der Waals surface area contributed by atoms with Gasteiger partial charge in [0.15, 0.2) is 17.6 Å². The normalized spacial score (nSPS) is 15.9. The molecular weight excluding hydrogens is 270 g/mol. The van der Waals surface area contributed by atoms with E-state index in [0.29, 0.717) is 18.1 Å². The molecule has 1 aromatic carbocycles. The van der Waals surface area contributed by atoms with Crippen LogP contribution in [0.5, 0.6) is 11.5 Å². The lowest BCUT2D eigenvalue weighted by molar-refractivity contribution is -0.136. The molecular formula is C16H23NO4. The molecule has 0 aromatic heterocycles. The van der Waals surface area contributed by atoms with Crippen LogP contribution >= 0.6 is 0 Å². The van der Waals surface area contributed by atoms with Crippen LogP contribution in [0.4, 0.5) is 0 Å². The number of carbonyl (C=O) groups is 1. The van der Waals surface area contributed by atoms with Crippen LogP contribution in [-0.4, -0.2) is 41.7 Å². The maximum atomic E-state index is 12.3. The first-order valence-electron chi connectivity index (χ1n) is 7.47. The summed E-state index contributed by atoms with van der Waals surface area (Å²) in [6.45, 7) is 5.72. The van der Waals surface area contributed by atoms with E-state index in [2.05, 4.69) is 0 Å². The van der Waals surface area contributed by atoms with Crippen LogP contribution in [0.25, 0.3) is 0 Å². The van der Waals surface area contributed by atoms with E-state index in [4.69, 9.17) is 9.47 Å². The van der Waals surface area contributed by atoms with Crippen LogP contribution in [-0.2, 0) is 11.4 Å². The first-order chi connectivity index (χ1) is 10.2. The molecule has 1 unspecified atom stereocenters. The molecule has 1 heterocycles. The molecule has 1 fully saturated rings. The molecule has 1 saturated heterocycles. The largest absolute Gasteiger partial charge is 0.490 e. The lowest BCUT2D eigenvalue weighted by Gasteiger charge is -2.22. The number of carbonyl (C=O) groups excluding carboxylic acids is 1. The highest BCUT2D eigenvalue weighted by Crippen LogP contribution is 2.30. The van der Waals surface area contributed by atoms with Crippen molar-refractivity contribution in [3.63, 3.8) is 0 Å². The summed E-state index contributed by atoms with van der Waals surface area (Å²) in [6.07, 6.45) is 1.59. The fraction of sp³-hybridized carbons (Fsp3) is 0.562. The van der Waals surface area contributed by atoms with Gasteiger partial charge < -0.3 is 19.5 Å². The number of hydrogen-bond acceptors (Lipinski definition) is 4. The Morgan fingerprint density at radius 2 is 2.05 bits per heavy atom. The summed E-state index contributed by atoms with van der Waals surface area (Å²) in [4.78, 5) is 14.1. The summed E-state index contributed by atoms with van der Waals surface area (Å²) in [7, 11) is 0. The number of likely N-dealkylation sites (tertiary alicyclic amines) is 1. The predicted octanol–water partition coefficient (Wildman–Crippen LogP) is 1.97. The van der Waals surface area contributed by atoms with E-state index in [-0.39, 0.29) is 12.5 Å². The molecule has 1 N–H and O–H groups in total. The average Bonchev–Trinajstić information content (AvgIpc) is 3.02. The van der Waals surface area contributed by atoms with Gasteiger partial charge in [0, 0.05) is 13.1 Å². The van der Waals surface area contributed by atoms with E-state index in [1.165, 1.54) is 0 Å². The van der Waals surface area contributed by atoms with Crippen molar-refractivity contribution >= 4 is 5.91 Å². The lowest BCUT2D eigenvalue weighted by Crippen LogP contribution is -2.38. The van der Waals surface area contributed by atoms with Crippen molar-refractivity contribution in [3.05, 3.63) is 23.8 Å². The molecule has 116 valence electrons. The van der Waals surface area contributed by atoms with Crippen molar-refractivity contribution in [1.29, 1.82) is 0 Å². The van der Waals surface area contributed by atoms with Crippen LogP contribution in [0.1, 0.15) is 32.3 Å². The summed E-state index contributed by atoms with van der Waals surface area (Å²) in [5.74, 6) is 1.11. The van der Waals surface area contributed by atoms with E-state index in [0.717, 1.165) is 31.5 Å². The van der Waals surface area contributed by atoms with Crippen molar-refractivity contribution < 1.29 is 19.4 Å². The summed E-state index contributed by atoms with van der Waals surface area (Å²) in [5, 5.41) is 9.18. The second-order valence-corrected chi connectivity index (χ2v) is 5.16. The van der Waals surface area contributed by atoms with Gasteiger partial charge in [0.25, 0.3) is 5.91 Å². The fourth-order valence-corrected chi connectivity index (χ4v) is 2.45. The van der Waals surface area contributed by atoms with Crippen LogP contribution < -0.4 is 9.47 Å². The topological polar surface area (TPSA) is 59.0 Å². The molecule has 1 aliphatic rings. The Balaban J connectivity index is 2.08. The Morgan fingerprint density at radius 1 is 1.33 bits per heavy atom. The Morgan fingerprint density at radius 3 is 2.67 bits per heavy atom. The minimum absolute atomic E-state index is 0.0150. The molecule has 5 heteroatoms. The van der Waals surface area contributed by atoms with Crippen LogP contribution in [0, 0.1) is 0 Å². The maximum absolute atomic E-state index is 12.3. The molecule has 1 atom stereocenters. The standard InChI is InChI=1S/C16H23NO4/c1-3-20-15-10-13(11-18)6-7-14(15)21-12(2)16(19)17-8-4-5-9-17/h6-7,10,12,18H,3-5,8-9,11H2,1-2H3. The first kappa shape index (κ1) is 15.6. The third-order valence-corrected chi connectivity index (χ3v) is 3.56. The zero-order chi connectivity index (χ0) is 15.2. The van der Waals surface area contributed by atoms with Crippen molar-refractivity contribution in [2.24, 2.45) is 0 Å². The third kappa shape index (κ3) is 3.88. The van der Waals surface area contributed by atoms with Gasteiger partial charge in [-0.3, -0.25) is 4.79 Å². The molecule has 0 spiro atoms. The second kappa shape index (κ2) is 7.31. The number of amides is 1. The minimum atomic E-state index is -0.540. The SMILES string of the molecule is CCOc1cc(CO)ccc1OC(C)C(=O)N1CCCC1. The number of ether oxygens (including phenoxy) is 2. The Bertz CT molecular complexity index is 483. The lowest BCUT2D eigenvalue weighted by atomic mass is 10.2. The number of nitrogens with zero attached hydrogens (tertiary/aromatic N) is 1. The molecule has 21 heavy (non-hydrogen) atoms. The van der Waals surface area contributed by atoms with E-state index in [9.17, 15) is 9.90 Å². The highest BCUT2D eigenvalue weighted by Gasteiger charge is 2.25. The van der Waals surface area contributed by atoms with Gasteiger partial charge in [0.1, 0.15) is 0 Å². The highest BCUT2D eigenvalue weighted by atomic mass is 16.5. The molecule has 1 amide bonds. The van der Waals surface area contributed by atoms with Gasteiger partial charge in [-0.05, 0) is 44.4 Å². The molecule has 0 radical (unpaired) electrons. The number of benzene rings is 1. The van der Waals surface area contributed by atoms with E-state index in [1.807, 2.05) is 11.8 Å². The summed E-state index contributed by atoms with van der Waals surface area (Å²) >= 11 is 0. The molecule has 5 nitrogen and oxygen atoms in total. The van der Waals surface area contributed by atoms with E-state index in [1.54, 1.807) is 25.1 Å². The zero-order valence-corrected chi connectivity index (χ0v) is 12.7. The van der Waals surface area contributed by atoms with Crippen LogP contribution in [0.2, 0.25) is 0 Å². The number of aliphatic hydroxyl groups excluding tert-OH is 1. The number of rotatable bonds is 6. The molecule has 0 saturated carbocycles. The van der Waals surface area contributed by atoms with Crippen LogP contribution in [0.15, 0.2) is 18.2 Å². The summed E-state index contributed by atoms with van der Waals surface area (Å²) in [6, 6.07) is 5.25. The Hall–Kier alpha value is -1.75. The summed E-state index contributed by atoms with van der Waals surface area (Å²) in [5.41, 5.74) is 0.754. The zero-order valence-electron chi connectivity index (χ0n) is 12.7. The highest BCUT2D eigenvalue weighted by molar-refractivity contribution is 5.81. The number of hydrogen-bond donors (Lipinski definition) is 1. The smallest absolute Gasteiger partial charge is 0.263 e. The van der Waals surface area contributed by atoms with Crippen LogP contribution in [0.3, 0.4) is 0 Å². The third-order valence-electron chi connectivity index (χ3n) is 3.56. The van der Waals surface area contributed by atoms with Crippen molar-refractivity contribution in [1.82, 2.24) is 4.90 Å². The van der Waals surface area contributed by atoms with Gasteiger partial charge in [-0.25, -0.2) is 0 Å². The van der Waals surface area contributed by atoms with Gasteiger partial charge in [0.2, 0.25) is 0 Å². The molecule has 1 aliphatic heterocycles. The first-order valence-corrected chi connectivity index (χ1v) is 7.47. The number of aliphatic hydroxyl groups is 1. The molecule has 0 aliphatic carbocycles. The van der Waals surface area contributed by atoms with Gasteiger partial charge in [-0.15, -0.1) is 0 Å². The fourth-order valence-electron chi connectivity index (χ4n) is 2.45. The summed E-state index contributed by atoms with van der Waals surface area (Å²) < 4.78 is 11.3.